The van der Waals surface area contributed by atoms with Gasteiger partial charge in [0.15, 0.2) is 11.5 Å². The van der Waals surface area contributed by atoms with Crippen molar-refractivity contribution in [1.29, 1.82) is 0 Å². The van der Waals surface area contributed by atoms with Crippen LogP contribution in [0.15, 0.2) is 42.5 Å². The summed E-state index contributed by atoms with van der Waals surface area (Å²) in [6.45, 7) is 5.17. The monoisotopic (exact) mass is 346 g/mol. The molecule has 0 aliphatic rings. The lowest BCUT2D eigenvalue weighted by atomic mass is 10.2. The second kappa shape index (κ2) is 9.52. The highest BCUT2D eigenvalue weighted by Gasteiger charge is 2.10. The summed E-state index contributed by atoms with van der Waals surface area (Å²) in [6, 6.07) is 10.6. The molecule has 0 unspecified atom stereocenters. The van der Waals surface area contributed by atoms with Gasteiger partial charge in [-0.1, -0.05) is 26.0 Å². The average Bonchev–Trinajstić information content (AvgIpc) is 2.61. The first-order valence-corrected chi connectivity index (χ1v) is 8.36. The van der Waals surface area contributed by atoms with Crippen LogP contribution in [0.1, 0.15) is 26.7 Å². The first-order valence-electron chi connectivity index (χ1n) is 8.36. The number of anilines is 2. The van der Waals surface area contributed by atoms with Crippen molar-refractivity contribution in [2.75, 3.05) is 23.8 Å². The quantitative estimate of drug-likeness (QED) is 0.703. The van der Waals surface area contributed by atoms with Crippen LogP contribution < -0.4 is 20.1 Å². The molecule has 0 atom stereocenters. The maximum Gasteiger partial charge on any atom is 0.323 e. The summed E-state index contributed by atoms with van der Waals surface area (Å²) in [5.41, 5.74) is 0.647. The highest BCUT2D eigenvalue weighted by Crippen LogP contribution is 2.31. The number of nitrogens with one attached hydrogen (secondary N) is 2. The van der Waals surface area contributed by atoms with E-state index in [4.69, 9.17) is 9.47 Å². The summed E-state index contributed by atoms with van der Waals surface area (Å²) in [7, 11) is 0. The molecule has 0 saturated heterocycles. The third kappa shape index (κ3) is 5.67. The number of carbonyl (C=O) groups excluding carboxylic acids is 1. The standard InChI is InChI=1S/C19H23FN2O3/c1-3-11-24-17-10-9-14(13-18(17)25-12-4-2)21-19(23)22-16-8-6-5-7-15(16)20/h5-10,13H,3-4,11-12H2,1-2H3,(H2,21,22,23). The number of halogens is 1. The molecule has 6 heteroatoms. The Bertz CT molecular complexity index is 707. The number of ether oxygens (including phenoxy) is 2. The van der Waals surface area contributed by atoms with Gasteiger partial charge in [0.1, 0.15) is 5.82 Å². The summed E-state index contributed by atoms with van der Waals surface area (Å²) in [5.74, 6) is 0.710. The van der Waals surface area contributed by atoms with Crippen LogP contribution in [0.2, 0.25) is 0 Å². The Morgan fingerprint density at radius 1 is 0.960 bits per heavy atom. The van der Waals surface area contributed by atoms with Crippen LogP contribution in [0.25, 0.3) is 0 Å². The summed E-state index contributed by atoms with van der Waals surface area (Å²) in [5, 5.41) is 5.14. The van der Waals surface area contributed by atoms with Crippen molar-refractivity contribution in [2.24, 2.45) is 0 Å². The van der Waals surface area contributed by atoms with Gasteiger partial charge >= 0.3 is 6.03 Å². The number of hydrogen-bond donors (Lipinski definition) is 2. The lowest BCUT2D eigenvalue weighted by molar-refractivity contribution is 0.261. The number of amides is 2. The smallest absolute Gasteiger partial charge is 0.323 e. The van der Waals surface area contributed by atoms with Gasteiger partial charge in [-0.05, 0) is 37.1 Å². The molecule has 0 aliphatic heterocycles. The summed E-state index contributed by atoms with van der Waals surface area (Å²) >= 11 is 0. The van der Waals surface area contributed by atoms with Crippen LogP contribution in [0.4, 0.5) is 20.6 Å². The van der Waals surface area contributed by atoms with Crippen LogP contribution in [0, 0.1) is 5.82 Å². The molecular weight excluding hydrogens is 323 g/mol. The fourth-order valence-electron chi connectivity index (χ4n) is 2.09. The van der Waals surface area contributed by atoms with E-state index in [2.05, 4.69) is 10.6 Å². The molecule has 0 fully saturated rings. The van der Waals surface area contributed by atoms with Gasteiger partial charge in [0.05, 0.1) is 18.9 Å². The molecule has 2 aromatic carbocycles. The molecule has 2 rings (SSSR count). The van der Waals surface area contributed by atoms with E-state index in [1.165, 1.54) is 12.1 Å². The van der Waals surface area contributed by atoms with Gasteiger partial charge in [-0.2, -0.15) is 0 Å². The van der Waals surface area contributed by atoms with Crippen molar-refractivity contribution in [3.8, 4) is 11.5 Å². The van der Waals surface area contributed by atoms with Crippen LogP contribution >= 0.6 is 0 Å². The summed E-state index contributed by atoms with van der Waals surface area (Å²) in [4.78, 5) is 12.1. The van der Waals surface area contributed by atoms with E-state index in [9.17, 15) is 9.18 Å². The van der Waals surface area contributed by atoms with Crippen LogP contribution in [0.5, 0.6) is 11.5 Å². The van der Waals surface area contributed by atoms with Gasteiger partial charge < -0.3 is 20.1 Å². The largest absolute Gasteiger partial charge is 0.490 e. The number of hydrogen-bond acceptors (Lipinski definition) is 3. The Kier molecular flexibility index (Phi) is 7.07. The van der Waals surface area contributed by atoms with Crippen molar-refractivity contribution < 1.29 is 18.7 Å². The molecule has 134 valence electrons. The second-order valence-electron chi connectivity index (χ2n) is 5.42. The molecule has 0 aromatic heterocycles. The zero-order valence-electron chi connectivity index (χ0n) is 14.5. The SMILES string of the molecule is CCCOc1ccc(NC(=O)Nc2ccccc2F)cc1OCCC. The molecule has 0 bridgehead atoms. The van der Waals surface area contributed by atoms with Crippen molar-refractivity contribution in [3.05, 3.63) is 48.3 Å². The number of rotatable bonds is 8. The van der Waals surface area contributed by atoms with E-state index < -0.39 is 11.8 Å². The normalized spacial score (nSPS) is 10.2. The molecule has 2 N–H and O–H groups in total. The Morgan fingerprint density at radius 3 is 2.32 bits per heavy atom. The van der Waals surface area contributed by atoms with Crippen LogP contribution in [0.3, 0.4) is 0 Å². The van der Waals surface area contributed by atoms with Crippen molar-refractivity contribution >= 4 is 17.4 Å². The second-order valence-corrected chi connectivity index (χ2v) is 5.42. The molecule has 25 heavy (non-hydrogen) atoms. The van der Waals surface area contributed by atoms with E-state index in [1.54, 1.807) is 30.3 Å². The fourth-order valence-corrected chi connectivity index (χ4v) is 2.09. The molecule has 5 nitrogen and oxygen atoms in total. The molecule has 2 amide bonds. The maximum atomic E-state index is 13.6. The van der Waals surface area contributed by atoms with Gasteiger partial charge in [0.2, 0.25) is 0 Å². The van der Waals surface area contributed by atoms with Crippen molar-refractivity contribution in [1.82, 2.24) is 0 Å². The minimum Gasteiger partial charge on any atom is -0.490 e. The number of urea groups is 1. The third-order valence-corrected chi connectivity index (χ3v) is 3.25. The Balaban J connectivity index is 2.07. The highest BCUT2D eigenvalue weighted by molar-refractivity contribution is 6.00. The predicted molar refractivity (Wildman–Crippen MR) is 97.1 cm³/mol. The third-order valence-electron chi connectivity index (χ3n) is 3.25. The zero-order chi connectivity index (χ0) is 18.1. The van der Waals surface area contributed by atoms with Crippen molar-refractivity contribution in [2.45, 2.75) is 26.7 Å². The maximum absolute atomic E-state index is 13.6. The Morgan fingerprint density at radius 2 is 1.64 bits per heavy atom. The molecule has 0 spiro atoms. The molecule has 0 saturated carbocycles. The number of benzene rings is 2. The minimum absolute atomic E-state index is 0.116. The van der Waals surface area contributed by atoms with Crippen LogP contribution in [-0.4, -0.2) is 19.2 Å². The van der Waals surface area contributed by atoms with E-state index >= 15 is 0 Å². The Hall–Kier alpha value is -2.76. The number of carbonyl (C=O) groups is 1. The highest BCUT2D eigenvalue weighted by atomic mass is 19.1. The predicted octanol–water partition coefficient (Wildman–Crippen LogP) is 5.05. The van der Waals surface area contributed by atoms with E-state index in [0.717, 1.165) is 12.8 Å². The first kappa shape index (κ1) is 18.6. The Labute approximate surface area is 147 Å². The minimum atomic E-state index is -0.534. The van der Waals surface area contributed by atoms with Gasteiger partial charge in [-0.25, -0.2) is 9.18 Å². The summed E-state index contributed by atoms with van der Waals surface area (Å²) in [6.07, 6.45) is 1.75. The van der Waals surface area contributed by atoms with Crippen LogP contribution in [-0.2, 0) is 0 Å². The topological polar surface area (TPSA) is 59.6 Å². The number of para-hydroxylation sites is 1. The van der Waals surface area contributed by atoms with E-state index in [0.29, 0.717) is 30.4 Å². The molecule has 0 heterocycles. The van der Waals surface area contributed by atoms with E-state index in [-0.39, 0.29) is 5.69 Å². The lowest BCUT2D eigenvalue weighted by Gasteiger charge is -2.14. The van der Waals surface area contributed by atoms with E-state index in [1.807, 2.05) is 13.8 Å². The van der Waals surface area contributed by atoms with Gasteiger partial charge in [-0.3, -0.25) is 0 Å². The summed E-state index contributed by atoms with van der Waals surface area (Å²) < 4.78 is 24.9. The molecule has 0 radical (unpaired) electrons. The molecular formula is C19H23FN2O3. The molecule has 2 aromatic rings. The lowest BCUT2D eigenvalue weighted by Crippen LogP contribution is -2.20. The fraction of sp³-hybridized carbons (Fsp3) is 0.316. The van der Waals surface area contributed by atoms with Gasteiger partial charge in [0, 0.05) is 11.8 Å². The van der Waals surface area contributed by atoms with Gasteiger partial charge in [-0.15, -0.1) is 0 Å². The van der Waals surface area contributed by atoms with Gasteiger partial charge in [0.25, 0.3) is 0 Å². The molecule has 0 aliphatic carbocycles. The average molecular weight is 346 g/mol. The van der Waals surface area contributed by atoms with Crippen molar-refractivity contribution in [3.63, 3.8) is 0 Å². The first-order chi connectivity index (χ1) is 12.1. The zero-order valence-corrected chi connectivity index (χ0v) is 14.5.